The van der Waals surface area contributed by atoms with E-state index < -0.39 is 12.0 Å². The Morgan fingerprint density at radius 2 is 1.96 bits per heavy atom. The number of carboxylic acids is 1. The zero-order chi connectivity index (χ0) is 17.3. The number of para-hydroxylation sites is 1. The lowest BCUT2D eigenvalue weighted by Crippen LogP contribution is -2.40. The maximum Gasteiger partial charge on any atom is 0.326 e. The SMILES string of the molecule is CC(C)c1cc(C(=O)N2CCC[C@H]2C(=O)O)nn1-c1ccccc1. The van der Waals surface area contributed by atoms with Crippen LogP contribution in [0.15, 0.2) is 36.4 Å². The monoisotopic (exact) mass is 327 g/mol. The number of aromatic nitrogens is 2. The lowest BCUT2D eigenvalue weighted by Gasteiger charge is -2.20. The van der Waals surface area contributed by atoms with Crippen LogP contribution in [0.3, 0.4) is 0 Å². The molecule has 1 aliphatic heterocycles. The first-order valence-electron chi connectivity index (χ1n) is 8.18. The molecule has 3 rings (SSSR count). The van der Waals surface area contributed by atoms with E-state index in [2.05, 4.69) is 5.10 Å². The molecule has 6 nitrogen and oxygen atoms in total. The first-order valence-corrected chi connectivity index (χ1v) is 8.18. The molecular formula is C18H21N3O3. The quantitative estimate of drug-likeness (QED) is 0.937. The topological polar surface area (TPSA) is 75.4 Å². The van der Waals surface area contributed by atoms with Gasteiger partial charge >= 0.3 is 5.97 Å². The molecule has 1 aromatic carbocycles. The fourth-order valence-electron chi connectivity index (χ4n) is 3.10. The lowest BCUT2D eigenvalue weighted by atomic mass is 10.1. The molecule has 2 aromatic rings. The van der Waals surface area contributed by atoms with E-state index in [4.69, 9.17) is 0 Å². The maximum atomic E-state index is 12.8. The molecule has 1 amide bonds. The maximum absolute atomic E-state index is 12.8. The Hall–Kier alpha value is -2.63. The van der Waals surface area contributed by atoms with Crippen molar-refractivity contribution in [2.24, 2.45) is 0 Å². The van der Waals surface area contributed by atoms with Crippen LogP contribution in [0.5, 0.6) is 0 Å². The largest absolute Gasteiger partial charge is 0.480 e. The molecule has 126 valence electrons. The van der Waals surface area contributed by atoms with Crippen molar-refractivity contribution in [3.63, 3.8) is 0 Å². The highest BCUT2D eigenvalue weighted by molar-refractivity contribution is 5.95. The number of carbonyl (C=O) groups excluding carboxylic acids is 1. The fourth-order valence-corrected chi connectivity index (χ4v) is 3.10. The van der Waals surface area contributed by atoms with Crippen molar-refractivity contribution in [1.82, 2.24) is 14.7 Å². The van der Waals surface area contributed by atoms with Gasteiger partial charge in [0.15, 0.2) is 5.69 Å². The third kappa shape index (κ3) is 2.91. The molecule has 0 saturated carbocycles. The minimum Gasteiger partial charge on any atom is -0.480 e. The molecule has 1 saturated heterocycles. The van der Waals surface area contributed by atoms with Gasteiger partial charge in [-0.15, -0.1) is 0 Å². The summed E-state index contributed by atoms with van der Waals surface area (Å²) in [6.07, 6.45) is 1.21. The number of amides is 1. The van der Waals surface area contributed by atoms with Gasteiger partial charge in [-0.1, -0.05) is 32.0 Å². The number of benzene rings is 1. The van der Waals surface area contributed by atoms with Crippen LogP contribution in [0.2, 0.25) is 0 Å². The van der Waals surface area contributed by atoms with E-state index in [-0.39, 0.29) is 11.8 Å². The van der Waals surface area contributed by atoms with Gasteiger partial charge in [-0.2, -0.15) is 5.10 Å². The third-order valence-electron chi connectivity index (χ3n) is 4.35. The Balaban J connectivity index is 1.97. The molecule has 0 bridgehead atoms. The molecule has 2 heterocycles. The smallest absolute Gasteiger partial charge is 0.326 e. The molecule has 6 heteroatoms. The number of hydrogen-bond acceptors (Lipinski definition) is 3. The number of carboxylic acid groups (broad SMARTS) is 1. The van der Waals surface area contributed by atoms with Crippen molar-refractivity contribution in [3.05, 3.63) is 47.8 Å². The van der Waals surface area contributed by atoms with Crippen LogP contribution in [-0.2, 0) is 4.79 Å². The molecule has 0 spiro atoms. The minimum atomic E-state index is -0.951. The summed E-state index contributed by atoms with van der Waals surface area (Å²) in [4.78, 5) is 25.5. The summed E-state index contributed by atoms with van der Waals surface area (Å²) < 4.78 is 1.77. The summed E-state index contributed by atoms with van der Waals surface area (Å²) >= 11 is 0. The molecule has 0 unspecified atom stereocenters. The average Bonchev–Trinajstić information content (AvgIpc) is 3.22. The molecule has 24 heavy (non-hydrogen) atoms. The highest BCUT2D eigenvalue weighted by Gasteiger charge is 2.35. The molecule has 0 radical (unpaired) electrons. The van der Waals surface area contributed by atoms with Crippen molar-refractivity contribution in [2.45, 2.75) is 38.6 Å². The summed E-state index contributed by atoms with van der Waals surface area (Å²) in [5, 5.41) is 13.8. The van der Waals surface area contributed by atoms with E-state index in [0.717, 1.165) is 11.4 Å². The predicted molar refractivity (Wildman–Crippen MR) is 89.3 cm³/mol. The van der Waals surface area contributed by atoms with Crippen molar-refractivity contribution in [2.75, 3.05) is 6.54 Å². The second-order valence-electron chi connectivity index (χ2n) is 6.35. The number of rotatable bonds is 4. The Morgan fingerprint density at radius 1 is 1.25 bits per heavy atom. The highest BCUT2D eigenvalue weighted by atomic mass is 16.4. The van der Waals surface area contributed by atoms with Crippen LogP contribution in [-0.4, -0.2) is 44.3 Å². The number of likely N-dealkylation sites (tertiary alicyclic amines) is 1. The van der Waals surface area contributed by atoms with Crippen molar-refractivity contribution in [1.29, 1.82) is 0 Å². The van der Waals surface area contributed by atoms with E-state index in [1.165, 1.54) is 4.90 Å². The van der Waals surface area contributed by atoms with Crippen LogP contribution in [0.4, 0.5) is 0 Å². The molecule has 1 aliphatic rings. The van der Waals surface area contributed by atoms with Crippen molar-refractivity contribution >= 4 is 11.9 Å². The minimum absolute atomic E-state index is 0.188. The molecular weight excluding hydrogens is 306 g/mol. The second kappa shape index (κ2) is 6.47. The zero-order valence-electron chi connectivity index (χ0n) is 13.8. The van der Waals surface area contributed by atoms with Gasteiger partial charge in [0, 0.05) is 12.2 Å². The molecule has 0 aliphatic carbocycles. The number of nitrogens with zero attached hydrogens (tertiary/aromatic N) is 3. The number of hydrogen-bond donors (Lipinski definition) is 1. The number of carbonyl (C=O) groups is 2. The van der Waals surface area contributed by atoms with Crippen LogP contribution < -0.4 is 0 Å². The van der Waals surface area contributed by atoms with Gasteiger partial charge in [0.2, 0.25) is 0 Å². The molecule has 1 atom stereocenters. The standard InChI is InChI=1S/C18H21N3O3/c1-12(2)16-11-14(19-21(16)13-7-4-3-5-8-13)17(22)20-10-6-9-15(20)18(23)24/h3-5,7-8,11-12,15H,6,9-10H2,1-2H3,(H,23,24)/t15-/m0/s1. The first kappa shape index (κ1) is 16.2. The van der Waals surface area contributed by atoms with E-state index in [0.29, 0.717) is 25.1 Å². The van der Waals surface area contributed by atoms with Gasteiger partial charge in [-0.3, -0.25) is 4.79 Å². The summed E-state index contributed by atoms with van der Waals surface area (Å²) in [5.41, 5.74) is 2.11. The van der Waals surface area contributed by atoms with Crippen LogP contribution in [0.1, 0.15) is 48.8 Å². The van der Waals surface area contributed by atoms with Gasteiger partial charge in [0.1, 0.15) is 6.04 Å². The van der Waals surface area contributed by atoms with Crippen LogP contribution >= 0.6 is 0 Å². The second-order valence-corrected chi connectivity index (χ2v) is 6.35. The predicted octanol–water partition coefficient (Wildman–Crippen LogP) is 2.68. The highest BCUT2D eigenvalue weighted by Crippen LogP contribution is 2.24. The average molecular weight is 327 g/mol. The first-order chi connectivity index (χ1) is 11.5. The normalized spacial score (nSPS) is 17.5. The molecule has 1 aromatic heterocycles. The van der Waals surface area contributed by atoms with E-state index in [1.807, 2.05) is 44.2 Å². The summed E-state index contributed by atoms with van der Waals surface area (Å²) in [6, 6.07) is 10.7. The van der Waals surface area contributed by atoms with Gasteiger partial charge < -0.3 is 10.0 Å². The third-order valence-corrected chi connectivity index (χ3v) is 4.35. The Morgan fingerprint density at radius 3 is 2.58 bits per heavy atom. The summed E-state index contributed by atoms with van der Waals surface area (Å²) in [6.45, 7) is 4.55. The Labute approximate surface area is 140 Å². The number of aliphatic carboxylic acids is 1. The van der Waals surface area contributed by atoms with Gasteiger partial charge in [0.25, 0.3) is 5.91 Å². The van der Waals surface area contributed by atoms with Gasteiger partial charge in [-0.05, 0) is 37.0 Å². The Bertz CT molecular complexity index is 752. The van der Waals surface area contributed by atoms with E-state index >= 15 is 0 Å². The van der Waals surface area contributed by atoms with Gasteiger partial charge in [-0.25, -0.2) is 9.48 Å². The van der Waals surface area contributed by atoms with Crippen molar-refractivity contribution in [3.8, 4) is 5.69 Å². The molecule has 1 N–H and O–H groups in total. The van der Waals surface area contributed by atoms with Crippen molar-refractivity contribution < 1.29 is 14.7 Å². The summed E-state index contributed by atoms with van der Waals surface area (Å²) in [7, 11) is 0. The van der Waals surface area contributed by atoms with Crippen LogP contribution in [0.25, 0.3) is 5.69 Å². The van der Waals surface area contributed by atoms with E-state index in [9.17, 15) is 14.7 Å². The van der Waals surface area contributed by atoms with Gasteiger partial charge in [0.05, 0.1) is 5.69 Å². The Kier molecular flexibility index (Phi) is 4.38. The summed E-state index contributed by atoms with van der Waals surface area (Å²) in [5.74, 6) is -1.07. The van der Waals surface area contributed by atoms with E-state index in [1.54, 1.807) is 10.7 Å². The lowest BCUT2D eigenvalue weighted by molar-refractivity contribution is -0.141. The van der Waals surface area contributed by atoms with Crippen LogP contribution in [0, 0.1) is 0 Å². The molecule has 1 fully saturated rings. The zero-order valence-corrected chi connectivity index (χ0v) is 13.8. The fraction of sp³-hybridized carbons (Fsp3) is 0.389.